The van der Waals surface area contributed by atoms with Crippen LogP contribution in [0, 0.1) is 29.4 Å². The Balaban J connectivity index is 1.63. The summed E-state index contributed by atoms with van der Waals surface area (Å²) in [7, 11) is 0. The van der Waals surface area contributed by atoms with Crippen molar-refractivity contribution in [3.05, 3.63) is 64.7 Å². The van der Waals surface area contributed by atoms with Crippen LogP contribution in [0.2, 0.25) is 0 Å². The molecule has 0 aliphatic heterocycles. The lowest BCUT2D eigenvalue weighted by Gasteiger charge is -2.28. The van der Waals surface area contributed by atoms with Crippen molar-refractivity contribution in [3.8, 4) is 17.6 Å². The average molecular weight is 411 g/mol. The van der Waals surface area contributed by atoms with Crippen LogP contribution >= 0.6 is 0 Å². The zero-order valence-electron chi connectivity index (χ0n) is 18.1. The molecule has 0 unspecified atom stereocenters. The van der Waals surface area contributed by atoms with Gasteiger partial charge in [-0.25, -0.2) is 4.39 Å². The SMILES string of the molecule is CCCCCOc1ccc(C#Cc2ccc([C@H]3CC[C@H](CC)CC3)cc2)c(F)c1F. The maximum atomic E-state index is 14.4. The van der Waals surface area contributed by atoms with E-state index in [1.807, 2.05) is 12.1 Å². The quantitative estimate of drug-likeness (QED) is 0.337. The Morgan fingerprint density at radius 1 is 0.867 bits per heavy atom. The van der Waals surface area contributed by atoms with Crippen LogP contribution in [0.1, 0.15) is 87.8 Å². The molecule has 0 amide bonds. The Morgan fingerprint density at radius 3 is 2.27 bits per heavy atom. The maximum absolute atomic E-state index is 14.4. The highest BCUT2D eigenvalue weighted by atomic mass is 19.2. The molecule has 1 saturated carbocycles. The molecular weight excluding hydrogens is 378 g/mol. The van der Waals surface area contributed by atoms with E-state index in [1.54, 1.807) is 0 Å². The van der Waals surface area contributed by atoms with E-state index in [1.165, 1.54) is 49.8 Å². The summed E-state index contributed by atoms with van der Waals surface area (Å²) >= 11 is 0. The molecule has 0 heterocycles. The summed E-state index contributed by atoms with van der Waals surface area (Å²) in [5, 5.41) is 0. The molecule has 2 aromatic rings. The summed E-state index contributed by atoms with van der Waals surface area (Å²) in [4.78, 5) is 0. The third-order valence-corrected chi connectivity index (χ3v) is 6.20. The summed E-state index contributed by atoms with van der Waals surface area (Å²) in [6.07, 6.45) is 9.29. The predicted octanol–water partition coefficient (Wildman–Crippen LogP) is 7.62. The topological polar surface area (TPSA) is 9.23 Å². The third kappa shape index (κ3) is 5.85. The Morgan fingerprint density at radius 2 is 1.60 bits per heavy atom. The first-order valence-electron chi connectivity index (χ1n) is 11.3. The fraction of sp³-hybridized carbons (Fsp3) is 0.481. The van der Waals surface area contributed by atoms with E-state index in [4.69, 9.17) is 4.74 Å². The van der Waals surface area contributed by atoms with E-state index in [9.17, 15) is 8.78 Å². The van der Waals surface area contributed by atoms with Crippen LogP contribution in [0.25, 0.3) is 0 Å². The molecule has 1 fully saturated rings. The second-order valence-electron chi connectivity index (χ2n) is 8.29. The van der Waals surface area contributed by atoms with Gasteiger partial charge in [-0.2, -0.15) is 4.39 Å². The fourth-order valence-electron chi connectivity index (χ4n) is 4.16. The van der Waals surface area contributed by atoms with Crippen LogP contribution in [-0.2, 0) is 0 Å². The number of benzene rings is 2. The molecule has 0 spiro atoms. The number of hydrogen-bond donors (Lipinski definition) is 0. The van der Waals surface area contributed by atoms with Gasteiger partial charge >= 0.3 is 0 Å². The van der Waals surface area contributed by atoms with E-state index >= 15 is 0 Å². The molecular formula is C27H32F2O. The highest BCUT2D eigenvalue weighted by Gasteiger charge is 2.21. The lowest BCUT2D eigenvalue weighted by molar-refractivity contribution is 0.286. The Labute approximate surface area is 179 Å². The maximum Gasteiger partial charge on any atom is 0.201 e. The van der Waals surface area contributed by atoms with E-state index in [2.05, 4.69) is 37.8 Å². The fourth-order valence-corrected chi connectivity index (χ4v) is 4.16. The molecule has 1 nitrogen and oxygen atoms in total. The lowest BCUT2D eigenvalue weighted by Crippen LogP contribution is -2.12. The van der Waals surface area contributed by atoms with Crippen LogP contribution in [0.4, 0.5) is 8.78 Å². The molecule has 3 rings (SSSR count). The van der Waals surface area contributed by atoms with Gasteiger partial charge in [0.25, 0.3) is 0 Å². The van der Waals surface area contributed by atoms with Crippen LogP contribution in [0.3, 0.4) is 0 Å². The van der Waals surface area contributed by atoms with Gasteiger partial charge in [0, 0.05) is 5.56 Å². The summed E-state index contributed by atoms with van der Waals surface area (Å²) in [5.41, 5.74) is 2.22. The van der Waals surface area contributed by atoms with Gasteiger partial charge in [-0.1, -0.05) is 57.1 Å². The molecule has 2 aromatic carbocycles. The molecule has 0 bridgehead atoms. The lowest BCUT2D eigenvalue weighted by atomic mass is 9.78. The molecule has 1 aliphatic rings. The van der Waals surface area contributed by atoms with Gasteiger partial charge in [0.05, 0.1) is 12.2 Å². The zero-order chi connectivity index (χ0) is 21.3. The van der Waals surface area contributed by atoms with Crippen LogP contribution in [-0.4, -0.2) is 6.61 Å². The smallest absolute Gasteiger partial charge is 0.201 e. The summed E-state index contributed by atoms with van der Waals surface area (Å²) in [6.45, 7) is 4.75. The van der Waals surface area contributed by atoms with Gasteiger partial charge < -0.3 is 4.74 Å². The van der Waals surface area contributed by atoms with Crippen molar-refractivity contribution in [3.63, 3.8) is 0 Å². The average Bonchev–Trinajstić information content (AvgIpc) is 2.79. The first kappa shape index (κ1) is 22.3. The Bertz CT molecular complexity index is 868. The Kier molecular flexibility index (Phi) is 8.31. The third-order valence-electron chi connectivity index (χ3n) is 6.20. The molecule has 160 valence electrons. The van der Waals surface area contributed by atoms with Crippen molar-refractivity contribution in [2.75, 3.05) is 6.61 Å². The normalized spacial score (nSPS) is 18.5. The van der Waals surface area contributed by atoms with Gasteiger partial charge in [0.15, 0.2) is 11.6 Å². The molecule has 30 heavy (non-hydrogen) atoms. The first-order valence-corrected chi connectivity index (χ1v) is 11.3. The number of halogens is 2. The van der Waals surface area contributed by atoms with Crippen LogP contribution in [0.15, 0.2) is 36.4 Å². The zero-order valence-corrected chi connectivity index (χ0v) is 18.1. The monoisotopic (exact) mass is 410 g/mol. The minimum Gasteiger partial charge on any atom is -0.490 e. The van der Waals surface area contributed by atoms with Crippen molar-refractivity contribution in [2.45, 2.75) is 71.1 Å². The Hall–Kier alpha value is -2.34. The molecule has 1 aliphatic carbocycles. The second-order valence-corrected chi connectivity index (χ2v) is 8.29. The number of unbranched alkanes of at least 4 members (excludes halogenated alkanes) is 2. The van der Waals surface area contributed by atoms with Crippen molar-refractivity contribution in [1.82, 2.24) is 0 Å². The van der Waals surface area contributed by atoms with Gasteiger partial charge in [0.2, 0.25) is 5.82 Å². The predicted molar refractivity (Wildman–Crippen MR) is 119 cm³/mol. The van der Waals surface area contributed by atoms with Crippen molar-refractivity contribution >= 4 is 0 Å². The standard InChI is InChI=1S/C27H32F2O/c1-3-5-6-19-30-25-18-17-24(26(28)27(25)29)16-11-21-9-14-23(15-10-21)22-12-7-20(4-2)8-13-22/h9-10,14-15,17-18,20,22H,3-8,12-13,19H2,1-2H3/t20-,22-. The number of rotatable bonds is 7. The second kappa shape index (κ2) is 11.2. The highest BCUT2D eigenvalue weighted by Crippen LogP contribution is 2.36. The van der Waals surface area contributed by atoms with Crippen molar-refractivity contribution in [1.29, 1.82) is 0 Å². The van der Waals surface area contributed by atoms with Gasteiger partial charge in [0.1, 0.15) is 0 Å². The van der Waals surface area contributed by atoms with Crippen LogP contribution in [0.5, 0.6) is 5.75 Å². The summed E-state index contributed by atoms with van der Waals surface area (Å²) < 4.78 is 34.0. The molecule has 3 heteroatoms. The molecule has 0 N–H and O–H groups in total. The van der Waals surface area contributed by atoms with Crippen molar-refractivity contribution in [2.24, 2.45) is 5.92 Å². The molecule has 0 saturated heterocycles. The molecule has 0 atom stereocenters. The minimum atomic E-state index is -0.962. The minimum absolute atomic E-state index is 0.0451. The van der Waals surface area contributed by atoms with E-state index in [0.717, 1.165) is 30.7 Å². The summed E-state index contributed by atoms with van der Waals surface area (Å²) in [5.74, 6) is 5.29. The van der Waals surface area contributed by atoms with Crippen LogP contribution < -0.4 is 4.74 Å². The first-order chi connectivity index (χ1) is 14.6. The van der Waals surface area contributed by atoms with Crippen molar-refractivity contribution < 1.29 is 13.5 Å². The molecule has 0 aromatic heterocycles. The number of hydrogen-bond acceptors (Lipinski definition) is 1. The van der Waals surface area contributed by atoms with E-state index in [-0.39, 0.29) is 11.3 Å². The van der Waals surface area contributed by atoms with Gasteiger partial charge in [-0.3, -0.25) is 0 Å². The largest absolute Gasteiger partial charge is 0.490 e. The molecule has 0 radical (unpaired) electrons. The van der Waals surface area contributed by atoms with Gasteiger partial charge in [-0.15, -0.1) is 0 Å². The van der Waals surface area contributed by atoms with Gasteiger partial charge in [-0.05, 0) is 73.8 Å². The number of ether oxygens (including phenoxy) is 1. The highest BCUT2D eigenvalue weighted by molar-refractivity contribution is 5.46. The van der Waals surface area contributed by atoms with E-state index in [0.29, 0.717) is 12.5 Å². The summed E-state index contributed by atoms with van der Waals surface area (Å²) in [6, 6.07) is 11.2. The van der Waals surface area contributed by atoms with E-state index < -0.39 is 11.6 Å².